The van der Waals surface area contributed by atoms with Crippen molar-refractivity contribution in [2.45, 2.75) is 19.8 Å². The number of anilines is 1. The smallest absolute Gasteiger partial charge is 0.349 e. The monoisotopic (exact) mass is 279 g/mol. The van der Waals surface area contributed by atoms with Crippen LogP contribution in [-0.4, -0.2) is 37.6 Å². The first-order valence-electron chi connectivity index (χ1n) is 6.50. The fourth-order valence-corrected chi connectivity index (χ4v) is 3.59. The van der Waals surface area contributed by atoms with Crippen molar-refractivity contribution in [1.29, 1.82) is 0 Å². The van der Waals surface area contributed by atoms with E-state index in [4.69, 9.17) is 0 Å². The Bertz CT molecular complexity index is 629. The van der Waals surface area contributed by atoms with Gasteiger partial charge in [-0.1, -0.05) is 0 Å². The molecule has 1 fully saturated rings. The van der Waals surface area contributed by atoms with Crippen LogP contribution in [-0.2, 0) is 0 Å². The molecule has 0 bridgehead atoms. The van der Waals surface area contributed by atoms with E-state index in [1.165, 1.54) is 28.7 Å². The third-order valence-electron chi connectivity index (χ3n) is 3.48. The Labute approximate surface area is 115 Å². The van der Waals surface area contributed by atoms with Crippen molar-refractivity contribution in [2.24, 2.45) is 5.92 Å². The van der Waals surface area contributed by atoms with Crippen LogP contribution in [0.25, 0.3) is 5.65 Å². The number of nitrogens with one attached hydrogen (secondary N) is 2. The predicted molar refractivity (Wildman–Crippen MR) is 76.9 cm³/mol. The average molecular weight is 279 g/mol. The van der Waals surface area contributed by atoms with Crippen molar-refractivity contribution in [2.75, 3.05) is 23.4 Å². The first-order chi connectivity index (χ1) is 9.24. The third-order valence-corrected chi connectivity index (χ3v) is 4.53. The molecule has 0 aliphatic carbocycles. The number of aryl methyl sites for hydroxylation is 1. The van der Waals surface area contributed by atoms with E-state index in [-0.39, 0.29) is 5.69 Å². The number of rotatable bonds is 3. The maximum absolute atomic E-state index is 11.5. The van der Waals surface area contributed by atoms with Gasteiger partial charge in [0.05, 0.1) is 0 Å². The van der Waals surface area contributed by atoms with Crippen LogP contribution in [0.2, 0.25) is 0 Å². The largest absolute Gasteiger partial charge is 0.370 e. The molecule has 19 heavy (non-hydrogen) atoms. The van der Waals surface area contributed by atoms with Crippen LogP contribution in [0, 0.1) is 12.8 Å². The molecule has 102 valence electrons. The molecule has 3 heterocycles. The fraction of sp³-hybridized carbons (Fsp3) is 0.583. The Kier molecular flexibility index (Phi) is 3.46. The number of aromatic nitrogens is 4. The summed E-state index contributed by atoms with van der Waals surface area (Å²) in [6.07, 6.45) is 2.53. The van der Waals surface area contributed by atoms with Crippen LogP contribution in [0.3, 0.4) is 0 Å². The van der Waals surface area contributed by atoms with Crippen molar-refractivity contribution in [3.8, 4) is 0 Å². The van der Waals surface area contributed by atoms with E-state index >= 15 is 0 Å². The van der Waals surface area contributed by atoms with Gasteiger partial charge in [-0.25, -0.2) is 19.3 Å². The second-order valence-corrected chi connectivity index (χ2v) is 6.07. The van der Waals surface area contributed by atoms with Crippen molar-refractivity contribution in [3.63, 3.8) is 0 Å². The lowest BCUT2D eigenvalue weighted by molar-refractivity contribution is 0.515. The predicted octanol–water partition coefficient (Wildman–Crippen LogP) is 1.28. The number of nitrogens with zero attached hydrogens (tertiary/aromatic N) is 3. The highest BCUT2D eigenvalue weighted by Gasteiger charge is 2.14. The standard InChI is InChI=1S/C12H17N5OS/c1-8-14-10(6-11-15-16-12(18)17(8)11)13-7-9-2-4-19-5-3-9/h6,9,13H,2-5,7H2,1H3,(H,16,18). The van der Waals surface area contributed by atoms with Crippen molar-refractivity contribution in [1.82, 2.24) is 19.6 Å². The summed E-state index contributed by atoms with van der Waals surface area (Å²) in [4.78, 5) is 15.9. The number of thioether (sulfide) groups is 1. The summed E-state index contributed by atoms with van der Waals surface area (Å²) in [5.41, 5.74) is 0.370. The number of aromatic amines is 1. The average Bonchev–Trinajstić information content (AvgIpc) is 2.80. The highest BCUT2D eigenvalue weighted by Crippen LogP contribution is 2.22. The minimum absolute atomic E-state index is 0.240. The first-order valence-corrected chi connectivity index (χ1v) is 7.66. The van der Waals surface area contributed by atoms with Gasteiger partial charge in [0.2, 0.25) is 0 Å². The molecule has 0 spiro atoms. The Balaban J connectivity index is 1.75. The molecule has 1 aliphatic heterocycles. The summed E-state index contributed by atoms with van der Waals surface area (Å²) in [5.74, 6) is 4.68. The first kappa shape index (κ1) is 12.5. The summed E-state index contributed by atoms with van der Waals surface area (Å²) in [5, 5.41) is 9.78. The molecule has 2 aromatic heterocycles. The van der Waals surface area contributed by atoms with E-state index in [9.17, 15) is 4.79 Å². The molecule has 1 saturated heterocycles. The molecule has 6 nitrogen and oxygen atoms in total. The zero-order chi connectivity index (χ0) is 13.2. The van der Waals surface area contributed by atoms with Crippen molar-refractivity contribution >= 4 is 23.2 Å². The molecule has 0 amide bonds. The minimum atomic E-state index is -0.240. The molecular weight excluding hydrogens is 262 g/mol. The summed E-state index contributed by atoms with van der Waals surface area (Å²) in [6.45, 7) is 2.75. The summed E-state index contributed by atoms with van der Waals surface area (Å²) < 4.78 is 1.47. The van der Waals surface area contributed by atoms with Gasteiger partial charge >= 0.3 is 5.69 Å². The molecule has 7 heteroatoms. The molecule has 2 aromatic rings. The van der Waals surface area contributed by atoms with Crippen LogP contribution in [0.4, 0.5) is 5.82 Å². The van der Waals surface area contributed by atoms with Crippen LogP contribution >= 0.6 is 11.8 Å². The Hall–Kier alpha value is -1.50. The topological polar surface area (TPSA) is 75.1 Å². The molecular formula is C12H17N5OS. The SMILES string of the molecule is Cc1nc(NCC2CCSCC2)cc2n[nH]c(=O)n12. The van der Waals surface area contributed by atoms with Crippen LogP contribution in [0.1, 0.15) is 18.7 Å². The van der Waals surface area contributed by atoms with Gasteiger partial charge in [-0.3, -0.25) is 0 Å². The Morgan fingerprint density at radius 2 is 2.32 bits per heavy atom. The maximum atomic E-state index is 11.5. The number of fused-ring (bicyclic) bond motifs is 1. The van der Waals surface area contributed by atoms with Crippen LogP contribution in [0.5, 0.6) is 0 Å². The molecule has 0 saturated carbocycles. The molecule has 2 N–H and O–H groups in total. The lowest BCUT2D eigenvalue weighted by Crippen LogP contribution is -2.20. The Morgan fingerprint density at radius 1 is 1.53 bits per heavy atom. The van der Waals surface area contributed by atoms with Gasteiger partial charge in [0.15, 0.2) is 5.65 Å². The summed E-state index contributed by atoms with van der Waals surface area (Å²) in [7, 11) is 0. The van der Waals surface area contributed by atoms with Crippen molar-refractivity contribution in [3.05, 3.63) is 22.4 Å². The molecule has 0 atom stereocenters. The quantitative estimate of drug-likeness (QED) is 0.885. The van der Waals surface area contributed by atoms with E-state index in [1.54, 1.807) is 0 Å². The zero-order valence-corrected chi connectivity index (χ0v) is 11.7. The van der Waals surface area contributed by atoms with Gasteiger partial charge < -0.3 is 5.32 Å². The van der Waals surface area contributed by atoms with E-state index in [2.05, 4.69) is 20.5 Å². The third kappa shape index (κ3) is 2.60. The lowest BCUT2D eigenvalue weighted by atomic mass is 10.0. The van der Waals surface area contributed by atoms with Gasteiger partial charge in [-0.15, -0.1) is 0 Å². The van der Waals surface area contributed by atoms with Crippen LogP contribution < -0.4 is 11.0 Å². The van der Waals surface area contributed by atoms with Gasteiger partial charge in [0, 0.05) is 12.6 Å². The molecule has 3 rings (SSSR count). The number of hydrogen-bond donors (Lipinski definition) is 2. The van der Waals surface area contributed by atoms with E-state index in [0.29, 0.717) is 11.5 Å². The van der Waals surface area contributed by atoms with Gasteiger partial charge in [-0.2, -0.15) is 16.9 Å². The summed E-state index contributed by atoms with van der Waals surface area (Å²) in [6, 6.07) is 1.81. The van der Waals surface area contributed by atoms with E-state index in [0.717, 1.165) is 18.3 Å². The zero-order valence-electron chi connectivity index (χ0n) is 10.8. The van der Waals surface area contributed by atoms with Gasteiger partial charge in [-0.05, 0) is 37.2 Å². The van der Waals surface area contributed by atoms with E-state index in [1.807, 2.05) is 24.8 Å². The molecule has 0 unspecified atom stereocenters. The van der Waals surface area contributed by atoms with Crippen molar-refractivity contribution < 1.29 is 0 Å². The van der Waals surface area contributed by atoms with Crippen LogP contribution in [0.15, 0.2) is 10.9 Å². The second kappa shape index (κ2) is 5.24. The highest BCUT2D eigenvalue weighted by molar-refractivity contribution is 7.99. The summed E-state index contributed by atoms with van der Waals surface area (Å²) >= 11 is 2.03. The van der Waals surface area contributed by atoms with E-state index < -0.39 is 0 Å². The fourth-order valence-electron chi connectivity index (χ4n) is 2.39. The minimum Gasteiger partial charge on any atom is -0.370 e. The lowest BCUT2D eigenvalue weighted by Gasteiger charge is -2.21. The maximum Gasteiger partial charge on any atom is 0.349 e. The molecule has 1 aliphatic rings. The normalized spacial score (nSPS) is 16.9. The Morgan fingerprint density at radius 3 is 3.11 bits per heavy atom. The number of hydrogen-bond acceptors (Lipinski definition) is 5. The molecule has 0 radical (unpaired) electrons. The number of H-pyrrole nitrogens is 1. The molecule has 0 aromatic carbocycles. The van der Waals surface area contributed by atoms with Gasteiger partial charge in [0.25, 0.3) is 0 Å². The second-order valence-electron chi connectivity index (χ2n) is 4.85. The van der Waals surface area contributed by atoms with Gasteiger partial charge in [0.1, 0.15) is 11.6 Å². The highest BCUT2D eigenvalue weighted by atomic mass is 32.2.